The van der Waals surface area contributed by atoms with Crippen molar-refractivity contribution in [2.75, 3.05) is 33.4 Å². The quantitative estimate of drug-likeness (QED) is 0.686. The van der Waals surface area contributed by atoms with Crippen LogP contribution in [0.5, 0.6) is 5.75 Å². The summed E-state index contributed by atoms with van der Waals surface area (Å²) in [5, 5.41) is 0. The lowest BCUT2D eigenvalue weighted by Crippen LogP contribution is -2.53. The fourth-order valence-corrected chi connectivity index (χ4v) is 4.40. The number of nitrogens with zero attached hydrogens (tertiary/aromatic N) is 5. The number of hydrogen-bond donors (Lipinski definition) is 0. The summed E-state index contributed by atoms with van der Waals surface area (Å²) in [5.41, 5.74) is 0.674. The van der Waals surface area contributed by atoms with Gasteiger partial charge < -0.3 is 19.3 Å². The molecule has 2 aliphatic rings. The van der Waals surface area contributed by atoms with Crippen molar-refractivity contribution in [1.29, 1.82) is 0 Å². The number of piperidine rings is 1. The van der Waals surface area contributed by atoms with Crippen LogP contribution in [0.1, 0.15) is 61.0 Å². The third-order valence-electron chi connectivity index (χ3n) is 6.34. The molecule has 176 valence electrons. The standard InChI is InChI=1S/C24H31N5O4/c1-17(2)22-26-11-6-18(27-22)23(31)28-12-8-24(9-13-28)16-29(21(30)7-14-33-24)15-19-20(32-3)5-4-10-25-19/h4-6,10-11,17H,7-9,12-16H2,1-3H3. The maximum Gasteiger partial charge on any atom is 0.272 e. The molecule has 4 rings (SSSR count). The van der Waals surface area contributed by atoms with E-state index in [1.807, 2.05) is 35.8 Å². The number of ether oxygens (including phenoxy) is 2. The van der Waals surface area contributed by atoms with Gasteiger partial charge >= 0.3 is 0 Å². The zero-order chi connectivity index (χ0) is 23.4. The molecule has 1 spiro atoms. The van der Waals surface area contributed by atoms with Crippen molar-refractivity contribution in [2.45, 2.75) is 51.2 Å². The van der Waals surface area contributed by atoms with Gasteiger partial charge in [-0.15, -0.1) is 0 Å². The van der Waals surface area contributed by atoms with E-state index in [4.69, 9.17) is 9.47 Å². The number of carbonyl (C=O) groups excluding carboxylic acids is 2. The number of likely N-dealkylation sites (tertiary alicyclic amines) is 1. The normalized spacial score (nSPS) is 18.5. The van der Waals surface area contributed by atoms with Gasteiger partial charge in [0.05, 0.1) is 38.8 Å². The molecule has 33 heavy (non-hydrogen) atoms. The van der Waals surface area contributed by atoms with Crippen molar-refractivity contribution >= 4 is 11.8 Å². The smallest absolute Gasteiger partial charge is 0.272 e. The van der Waals surface area contributed by atoms with Crippen LogP contribution in [0, 0.1) is 0 Å². The van der Waals surface area contributed by atoms with Crippen LogP contribution in [0.15, 0.2) is 30.6 Å². The largest absolute Gasteiger partial charge is 0.495 e. The van der Waals surface area contributed by atoms with E-state index in [0.717, 1.165) is 5.69 Å². The molecule has 0 N–H and O–H groups in total. The minimum atomic E-state index is -0.472. The molecule has 0 radical (unpaired) electrons. The maximum absolute atomic E-state index is 13.0. The van der Waals surface area contributed by atoms with Crippen molar-refractivity contribution in [1.82, 2.24) is 24.8 Å². The highest BCUT2D eigenvalue weighted by Gasteiger charge is 2.41. The molecule has 0 aromatic carbocycles. The lowest BCUT2D eigenvalue weighted by Gasteiger charge is -2.42. The summed E-state index contributed by atoms with van der Waals surface area (Å²) in [4.78, 5) is 42.6. The van der Waals surface area contributed by atoms with Crippen molar-refractivity contribution in [2.24, 2.45) is 0 Å². The number of pyridine rings is 1. The van der Waals surface area contributed by atoms with Gasteiger partial charge in [-0.05, 0) is 31.0 Å². The van der Waals surface area contributed by atoms with Crippen LogP contribution < -0.4 is 4.74 Å². The van der Waals surface area contributed by atoms with Gasteiger partial charge in [-0.1, -0.05) is 13.8 Å². The zero-order valence-corrected chi connectivity index (χ0v) is 19.5. The Morgan fingerprint density at radius 3 is 2.73 bits per heavy atom. The molecular weight excluding hydrogens is 422 g/mol. The zero-order valence-electron chi connectivity index (χ0n) is 19.5. The molecule has 2 aliphatic heterocycles. The molecular formula is C24H31N5O4. The van der Waals surface area contributed by atoms with E-state index in [0.29, 0.717) is 69.3 Å². The van der Waals surface area contributed by atoms with Crippen LogP contribution in [0.3, 0.4) is 0 Å². The van der Waals surface area contributed by atoms with Gasteiger partial charge in [-0.3, -0.25) is 14.6 Å². The SMILES string of the molecule is COc1cccnc1CN1CC2(CCN(C(=O)c3ccnc(C(C)C)n3)CC2)OCCC1=O. The Bertz CT molecular complexity index is 1000. The number of rotatable bonds is 5. The van der Waals surface area contributed by atoms with Crippen LogP contribution in [0.4, 0.5) is 0 Å². The van der Waals surface area contributed by atoms with Crippen LogP contribution in [-0.2, 0) is 16.1 Å². The Kier molecular flexibility index (Phi) is 6.88. The van der Waals surface area contributed by atoms with Gasteiger partial charge in [0.2, 0.25) is 5.91 Å². The van der Waals surface area contributed by atoms with Gasteiger partial charge in [0.15, 0.2) is 0 Å². The summed E-state index contributed by atoms with van der Waals surface area (Å²) in [7, 11) is 1.60. The fourth-order valence-electron chi connectivity index (χ4n) is 4.40. The third kappa shape index (κ3) is 5.13. The van der Waals surface area contributed by atoms with Crippen molar-refractivity contribution in [3.63, 3.8) is 0 Å². The molecule has 0 unspecified atom stereocenters. The van der Waals surface area contributed by atoms with Crippen LogP contribution >= 0.6 is 0 Å². The van der Waals surface area contributed by atoms with Gasteiger partial charge in [0.1, 0.15) is 23.0 Å². The molecule has 0 saturated carbocycles. The molecule has 9 heteroatoms. The van der Waals surface area contributed by atoms with Crippen LogP contribution in [0.25, 0.3) is 0 Å². The average molecular weight is 454 g/mol. The van der Waals surface area contributed by atoms with Gasteiger partial charge in [-0.2, -0.15) is 0 Å². The highest BCUT2D eigenvalue weighted by Crippen LogP contribution is 2.32. The molecule has 0 aliphatic carbocycles. The fraction of sp³-hybridized carbons (Fsp3) is 0.542. The number of hydrogen-bond acceptors (Lipinski definition) is 7. The summed E-state index contributed by atoms with van der Waals surface area (Å²) in [5.74, 6) is 1.44. The van der Waals surface area contributed by atoms with E-state index in [1.54, 1.807) is 25.6 Å². The number of methoxy groups -OCH3 is 1. The van der Waals surface area contributed by atoms with Gasteiger partial charge in [-0.25, -0.2) is 9.97 Å². The topological polar surface area (TPSA) is 97.8 Å². The summed E-state index contributed by atoms with van der Waals surface area (Å²) < 4.78 is 11.6. The molecule has 4 heterocycles. The van der Waals surface area contributed by atoms with Crippen molar-refractivity contribution in [3.05, 3.63) is 47.8 Å². The number of amides is 2. The van der Waals surface area contributed by atoms with E-state index in [1.165, 1.54) is 0 Å². The van der Waals surface area contributed by atoms with Crippen LogP contribution in [0.2, 0.25) is 0 Å². The first-order valence-corrected chi connectivity index (χ1v) is 11.4. The van der Waals surface area contributed by atoms with E-state index in [9.17, 15) is 9.59 Å². The first-order valence-electron chi connectivity index (χ1n) is 11.4. The Labute approximate surface area is 194 Å². The Morgan fingerprint density at radius 2 is 2.00 bits per heavy atom. The highest BCUT2D eigenvalue weighted by molar-refractivity contribution is 5.92. The highest BCUT2D eigenvalue weighted by atomic mass is 16.5. The second kappa shape index (κ2) is 9.82. The van der Waals surface area contributed by atoms with E-state index in [-0.39, 0.29) is 17.7 Å². The second-order valence-electron chi connectivity index (χ2n) is 8.93. The Hall–Kier alpha value is -3.07. The lowest BCUT2D eigenvalue weighted by atomic mass is 9.90. The van der Waals surface area contributed by atoms with E-state index >= 15 is 0 Å². The Morgan fingerprint density at radius 1 is 1.21 bits per heavy atom. The van der Waals surface area contributed by atoms with Crippen molar-refractivity contribution < 1.29 is 19.1 Å². The van der Waals surface area contributed by atoms with E-state index in [2.05, 4.69) is 15.0 Å². The summed E-state index contributed by atoms with van der Waals surface area (Å²) >= 11 is 0. The predicted molar refractivity (Wildman–Crippen MR) is 121 cm³/mol. The molecule has 2 amide bonds. The summed E-state index contributed by atoms with van der Waals surface area (Å²) in [6.07, 6.45) is 4.99. The third-order valence-corrected chi connectivity index (χ3v) is 6.34. The summed E-state index contributed by atoms with van der Waals surface area (Å²) in [6.45, 7) is 6.33. The molecule has 9 nitrogen and oxygen atoms in total. The first-order chi connectivity index (χ1) is 15.9. The average Bonchev–Trinajstić information content (AvgIpc) is 2.98. The second-order valence-corrected chi connectivity index (χ2v) is 8.93. The Balaban J connectivity index is 1.44. The van der Waals surface area contributed by atoms with E-state index < -0.39 is 5.60 Å². The minimum absolute atomic E-state index is 0.0419. The van der Waals surface area contributed by atoms with Gasteiger partial charge in [0.25, 0.3) is 5.91 Å². The molecule has 2 aromatic heterocycles. The molecule has 2 saturated heterocycles. The van der Waals surface area contributed by atoms with Crippen molar-refractivity contribution in [3.8, 4) is 5.75 Å². The maximum atomic E-state index is 13.0. The van der Waals surface area contributed by atoms with Crippen LogP contribution in [-0.4, -0.2) is 75.5 Å². The molecule has 2 fully saturated rings. The molecule has 2 aromatic rings. The first kappa shape index (κ1) is 23.1. The lowest BCUT2D eigenvalue weighted by molar-refractivity contribution is -0.132. The monoisotopic (exact) mass is 453 g/mol. The predicted octanol–water partition coefficient (Wildman–Crippen LogP) is 2.43. The molecule has 0 bridgehead atoms. The summed E-state index contributed by atoms with van der Waals surface area (Å²) in [6, 6.07) is 5.33. The number of aromatic nitrogens is 3. The number of carbonyl (C=O) groups is 2. The van der Waals surface area contributed by atoms with Gasteiger partial charge in [0, 0.05) is 31.4 Å². The minimum Gasteiger partial charge on any atom is -0.495 e. The molecule has 0 atom stereocenters.